The van der Waals surface area contributed by atoms with E-state index in [0.717, 1.165) is 17.1 Å². The minimum atomic E-state index is -0.198. The van der Waals surface area contributed by atoms with Crippen LogP contribution in [0.1, 0.15) is 23.7 Å². The van der Waals surface area contributed by atoms with Gasteiger partial charge in [-0.05, 0) is 30.7 Å². The van der Waals surface area contributed by atoms with Crippen molar-refractivity contribution in [1.29, 1.82) is 0 Å². The molecular formula is C17H22N4O2S. The summed E-state index contributed by atoms with van der Waals surface area (Å²) in [5, 5.41) is 3.76. The highest BCUT2D eigenvalue weighted by Gasteiger charge is 2.12. The third-order valence-electron chi connectivity index (χ3n) is 3.65. The second-order valence-corrected chi connectivity index (χ2v) is 6.68. The van der Waals surface area contributed by atoms with Crippen molar-refractivity contribution in [1.82, 2.24) is 9.88 Å². The molecule has 24 heavy (non-hydrogen) atoms. The second-order valence-electron chi connectivity index (χ2n) is 5.48. The van der Waals surface area contributed by atoms with E-state index in [9.17, 15) is 9.59 Å². The van der Waals surface area contributed by atoms with E-state index < -0.39 is 0 Å². The minimum Gasteiger partial charge on any atom is -0.321 e. The molecule has 0 aliphatic heterocycles. The highest BCUT2D eigenvalue weighted by molar-refractivity contribution is 7.11. The number of amides is 3. The summed E-state index contributed by atoms with van der Waals surface area (Å²) in [7, 11) is 3.45. The van der Waals surface area contributed by atoms with Crippen LogP contribution in [0.25, 0.3) is 0 Å². The number of hydrogen-bond acceptors (Lipinski definition) is 4. The fourth-order valence-corrected chi connectivity index (χ4v) is 2.94. The van der Waals surface area contributed by atoms with Crippen molar-refractivity contribution in [3.05, 3.63) is 40.3 Å². The van der Waals surface area contributed by atoms with E-state index in [4.69, 9.17) is 0 Å². The summed E-state index contributed by atoms with van der Waals surface area (Å²) in [5.74, 6) is -0.0404. The Balaban J connectivity index is 1.94. The van der Waals surface area contributed by atoms with Crippen LogP contribution in [-0.4, -0.2) is 35.9 Å². The number of hydrogen-bond donors (Lipinski definition) is 1. The van der Waals surface area contributed by atoms with Gasteiger partial charge in [0.2, 0.25) is 5.91 Å². The van der Waals surface area contributed by atoms with Gasteiger partial charge in [0.15, 0.2) is 0 Å². The molecule has 2 rings (SSSR count). The first-order chi connectivity index (χ1) is 11.4. The fourth-order valence-electron chi connectivity index (χ4n) is 2.03. The Bertz CT molecular complexity index is 712. The topological polar surface area (TPSA) is 65.5 Å². The Morgan fingerprint density at radius 3 is 2.42 bits per heavy atom. The summed E-state index contributed by atoms with van der Waals surface area (Å²) >= 11 is 1.62. The molecule has 0 fully saturated rings. The second kappa shape index (κ2) is 7.92. The number of nitrogens with zero attached hydrogens (tertiary/aromatic N) is 3. The lowest BCUT2D eigenvalue weighted by molar-refractivity contribution is -0.116. The molecule has 0 unspecified atom stereocenters. The quantitative estimate of drug-likeness (QED) is 0.903. The number of aromatic nitrogens is 1. The molecule has 0 spiro atoms. The van der Waals surface area contributed by atoms with Gasteiger partial charge in [-0.15, -0.1) is 11.3 Å². The zero-order valence-electron chi connectivity index (χ0n) is 14.4. The van der Waals surface area contributed by atoms with Gasteiger partial charge in [-0.1, -0.05) is 6.92 Å². The summed E-state index contributed by atoms with van der Waals surface area (Å²) in [4.78, 5) is 32.3. The third kappa shape index (κ3) is 4.55. The third-order valence-corrected chi connectivity index (χ3v) is 4.77. The van der Waals surface area contributed by atoms with Crippen LogP contribution >= 0.6 is 11.3 Å². The SMILES string of the molecule is CCc1cnc(CN(C)C(=O)Nc2ccc(N(C)C(C)=O)cc2)s1. The first kappa shape index (κ1) is 17.9. The van der Waals surface area contributed by atoms with E-state index in [0.29, 0.717) is 12.2 Å². The van der Waals surface area contributed by atoms with Gasteiger partial charge in [-0.25, -0.2) is 9.78 Å². The van der Waals surface area contributed by atoms with Crippen molar-refractivity contribution in [2.24, 2.45) is 0 Å². The van der Waals surface area contributed by atoms with Crippen molar-refractivity contribution < 1.29 is 9.59 Å². The van der Waals surface area contributed by atoms with E-state index in [1.165, 1.54) is 11.8 Å². The minimum absolute atomic E-state index is 0.0404. The molecule has 2 aromatic rings. The molecule has 0 aliphatic carbocycles. The molecule has 1 aromatic carbocycles. The van der Waals surface area contributed by atoms with Gasteiger partial charge in [0.25, 0.3) is 0 Å². The van der Waals surface area contributed by atoms with Crippen LogP contribution in [0.5, 0.6) is 0 Å². The van der Waals surface area contributed by atoms with Crippen LogP contribution < -0.4 is 10.2 Å². The lowest BCUT2D eigenvalue weighted by Gasteiger charge is -2.18. The number of carbonyl (C=O) groups is 2. The zero-order chi connectivity index (χ0) is 17.7. The number of urea groups is 1. The molecule has 7 heteroatoms. The Kier molecular flexibility index (Phi) is 5.92. The number of carbonyl (C=O) groups excluding carboxylic acids is 2. The van der Waals surface area contributed by atoms with Gasteiger partial charge in [0.1, 0.15) is 5.01 Å². The molecule has 0 atom stereocenters. The molecule has 3 amide bonds. The van der Waals surface area contributed by atoms with Gasteiger partial charge in [0, 0.05) is 43.5 Å². The maximum Gasteiger partial charge on any atom is 0.321 e. The average Bonchev–Trinajstić information content (AvgIpc) is 3.02. The standard InChI is InChI=1S/C17H22N4O2S/c1-5-15-10-18-16(24-15)11-20(3)17(23)19-13-6-8-14(9-7-13)21(4)12(2)22/h6-10H,5,11H2,1-4H3,(H,19,23). The molecule has 0 aliphatic rings. The monoisotopic (exact) mass is 346 g/mol. The predicted octanol–water partition coefficient (Wildman–Crippen LogP) is 3.35. The maximum atomic E-state index is 12.2. The molecule has 0 saturated heterocycles. The molecule has 0 saturated carbocycles. The Labute approximate surface area is 146 Å². The average molecular weight is 346 g/mol. The highest BCUT2D eigenvalue weighted by atomic mass is 32.1. The van der Waals surface area contributed by atoms with Crippen LogP contribution in [-0.2, 0) is 17.8 Å². The number of nitrogens with one attached hydrogen (secondary N) is 1. The number of rotatable bonds is 5. The first-order valence-corrected chi connectivity index (χ1v) is 8.52. The fraction of sp³-hybridized carbons (Fsp3) is 0.353. The molecule has 0 bridgehead atoms. The Morgan fingerprint density at radius 2 is 1.88 bits per heavy atom. The molecule has 1 aromatic heterocycles. The summed E-state index contributed by atoms with van der Waals surface area (Å²) in [6, 6.07) is 6.95. The lowest BCUT2D eigenvalue weighted by atomic mass is 10.2. The van der Waals surface area contributed by atoms with Crippen LogP contribution in [0.2, 0.25) is 0 Å². The van der Waals surface area contributed by atoms with Gasteiger partial charge in [-0.2, -0.15) is 0 Å². The Morgan fingerprint density at radius 1 is 1.21 bits per heavy atom. The van der Waals surface area contributed by atoms with Crippen molar-refractivity contribution in [2.75, 3.05) is 24.3 Å². The maximum absolute atomic E-state index is 12.2. The highest BCUT2D eigenvalue weighted by Crippen LogP contribution is 2.18. The number of anilines is 2. The molecular weight excluding hydrogens is 324 g/mol. The number of thiazole rings is 1. The van der Waals surface area contributed by atoms with Crippen LogP contribution in [0.4, 0.5) is 16.2 Å². The Hall–Kier alpha value is -2.41. The van der Waals surface area contributed by atoms with Crippen LogP contribution in [0, 0.1) is 0 Å². The van der Waals surface area contributed by atoms with E-state index in [1.807, 2.05) is 6.20 Å². The van der Waals surface area contributed by atoms with Gasteiger partial charge in [-0.3, -0.25) is 4.79 Å². The number of benzene rings is 1. The molecule has 6 nitrogen and oxygen atoms in total. The largest absolute Gasteiger partial charge is 0.321 e. The van der Waals surface area contributed by atoms with Crippen LogP contribution in [0.15, 0.2) is 30.5 Å². The van der Waals surface area contributed by atoms with Crippen molar-refractivity contribution in [3.8, 4) is 0 Å². The predicted molar refractivity (Wildman–Crippen MR) is 97.5 cm³/mol. The van der Waals surface area contributed by atoms with E-state index in [1.54, 1.807) is 59.5 Å². The summed E-state index contributed by atoms with van der Waals surface area (Å²) < 4.78 is 0. The number of aryl methyl sites for hydroxylation is 1. The van der Waals surface area contributed by atoms with E-state index >= 15 is 0 Å². The summed E-state index contributed by atoms with van der Waals surface area (Å²) in [6.07, 6.45) is 2.81. The van der Waals surface area contributed by atoms with Crippen molar-refractivity contribution in [2.45, 2.75) is 26.8 Å². The molecule has 0 radical (unpaired) electrons. The first-order valence-electron chi connectivity index (χ1n) is 7.70. The summed E-state index contributed by atoms with van der Waals surface area (Å²) in [5.41, 5.74) is 1.46. The normalized spacial score (nSPS) is 10.3. The lowest BCUT2D eigenvalue weighted by Crippen LogP contribution is -2.30. The van der Waals surface area contributed by atoms with E-state index in [2.05, 4.69) is 17.2 Å². The van der Waals surface area contributed by atoms with Crippen molar-refractivity contribution >= 4 is 34.6 Å². The van der Waals surface area contributed by atoms with Gasteiger partial charge < -0.3 is 15.1 Å². The molecule has 1 heterocycles. The van der Waals surface area contributed by atoms with Gasteiger partial charge in [0.05, 0.1) is 6.54 Å². The van der Waals surface area contributed by atoms with E-state index in [-0.39, 0.29) is 11.9 Å². The van der Waals surface area contributed by atoms with Crippen LogP contribution in [0.3, 0.4) is 0 Å². The van der Waals surface area contributed by atoms with Gasteiger partial charge >= 0.3 is 6.03 Å². The van der Waals surface area contributed by atoms with Crippen molar-refractivity contribution in [3.63, 3.8) is 0 Å². The summed E-state index contributed by atoms with van der Waals surface area (Å²) in [6.45, 7) is 4.07. The molecule has 1 N–H and O–H groups in total. The zero-order valence-corrected chi connectivity index (χ0v) is 15.2. The molecule has 128 valence electrons. The smallest absolute Gasteiger partial charge is 0.321 e.